The summed E-state index contributed by atoms with van der Waals surface area (Å²) in [5.41, 5.74) is 12.0. The van der Waals surface area contributed by atoms with Gasteiger partial charge in [-0.1, -0.05) is 0 Å². The van der Waals surface area contributed by atoms with Crippen LogP contribution in [0.4, 0.5) is 17.6 Å². The highest BCUT2D eigenvalue weighted by Crippen LogP contribution is 2.32. The Morgan fingerprint density at radius 3 is 2.77 bits per heavy atom. The van der Waals surface area contributed by atoms with E-state index >= 15 is 0 Å². The topological polar surface area (TPSA) is 159 Å². The SMILES string of the molecule is CNc1nc(N)nc(N)c1C(CCc1ccc(C(=O)OC)s1)C[N+](=O)[O-]. The zero-order valence-electron chi connectivity index (χ0n) is 14.4. The van der Waals surface area contributed by atoms with E-state index in [9.17, 15) is 14.9 Å². The molecule has 0 aliphatic rings. The molecule has 0 saturated carbocycles. The molecule has 1 unspecified atom stereocenters. The predicted molar refractivity (Wildman–Crippen MR) is 99.0 cm³/mol. The number of thiophene rings is 1. The molecule has 10 nitrogen and oxygen atoms in total. The number of ether oxygens (including phenoxy) is 1. The third kappa shape index (κ3) is 4.57. The van der Waals surface area contributed by atoms with E-state index in [4.69, 9.17) is 11.5 Å². The quantitative estimate of drug-likeness (QED) is 0.350. The average molecular weight is 380 g/mol. The van der Waals surface area contributed by atoms with Crippen molar-refractivity contribution < 1.29 is 14.5 Å². The number of rotatable bonds is 8. The number of nitrogens with one attached hydrogen (secondary N) is 1. The van der Waals surface area contributed by atoms with Gasteiger partial charge in [-0.25, -0.2) is 4.79 Å². The van der Waals surface area contributed by atoms with E-state index in [1.54, 1.807) is 13.1 Å². The van der Waals surface area contributed by atoms with E-state index in [0.29, 0.717) is 29.1 Å². The van der Waals surface area contributed by atoms with E-state index < -0.39 is 16.8 Å². The molecule has 2 aromatic rings. The maximum Gasteiger partial charge on any atom is 0.348 e. The molecule has 0 fully saturated rings. The molecular weight excluding hydrogens is 360 g/mol. The van der Waals surface area contributed by atoms with Gasteiger partial charge in [0, 0.05) is 22.4 Å². The molecule has 0 aromatic carbocycles. The summed E-state index contributed by atoms with van der Waals surface area (Å²) in [7, 11) is 2.95. The van der Waals surface area contributed by atoms with Gasteiger partial charge in [0.25, 0.3) is 0 Å². The summed E-state index contributed by atoms with van der Waals surface area (Å²) < 4.78 is 4.68. The van der Waals surface area contributed by atoms with E-state index in [2.05, 4.69) is 20.0 Å². The smallest absolute Gasteiger partial charge is 0.348 e. The molecular formula is C15H20N6O4S. The third-order valence-corrected chi connectivity index (χ3v) is 4.92. The summed E-state index contributed by atoms with van der Waals surface area (Å²) in [4.78, 5) is 31.7. The van der Waals surface area contributed by atoms with E-state index in [1.165, 1.54) is 18.4 Å². The summed E-state index contributed by atoms with van der Waals surface area (Å²) in [6.07, 6.45) is 0.974. The largest absolute Gasteiger partial charge is 0.465 e. The Hall–Kier alpha value is -2.95. The number of nitrogens with two attached hydrogens (primary N) is 2. The van der Waals surface area contributed by atoms with E-state index in [1.807, 2.05) is 6.07 Å². The second-order valence-corrected chi connectivity index (χ2v) is 6.66. The lowest BCUT2D eigenvalue weighted by molar-refractivity contribution is -0.483. The van der Waals surface area contributed by atoms with Crippen LogP contribution in [-0.2, 0) is 11.2 Å². The Morgan fingerprint density at radius 2 is 2.15 bits per heavy atom. The second-order valence-electron chi connectivity index (χ2n) is 5.49. The molecule has 1 atom stereocenters. The van der Waals surface area contributed by atoms with Crippen molar-refractivity contribution in [3.8, 4) is 0 Å². The van der Waals surface area contributed by atoms with Gasteiger partial charge in [-0.2, -0.15) is 9.97 Å². The van der Waals surface area contributed by atoms with Crippen molar-refractivity contribution in [1.82, 2.24) is 9.97 Å². The lowest BCUT2D eigenvalue weighted by Crippen LogP contribution is -2.19. The minimum atomic E-state index is -0.503. The van der Waals surface area contributed by atoms with E-state index in [0.717, 1.165) is 4.88 Å². The lowest BCUT2D eigenvalue weighted by Gasteiger charge is -2.18. The second kappa shape index (κ2) is 8.43. The van der Waals surface area contributed by atoms with Crippen LogP contribution in [0, 0.1) is 10.1 Å². The summed E-state index contributed by atoms with van der Waals surface area (Å²) >= 11 is 1.30. The molecule has 5 N–H and O–H groups in total. The molecule has 0 aliphatic heterocycles. The number of hydrogen-bond donors (Lipinski definition) is 3. The Kier molecular flexibility index (Phi) is 6.28. The molecule has 140 valence electrons. The van der Waals surface area contributed by atoms with Crippen molar-refractivity contribution in [3.63, 3.8) is 0 Å². The maximum atomic E-state index is 11.5. The van der Waals surface area contributed by atoms with Gasteiger partial charge in [0.2, 0.25) is 12.5 Å². The summed E-state index contributed by atoms with van der Waals surface area (Å²) in [5.74, 6) is -0.414. The van der Waals surface area contributed by atoms with Crippen molar-refractivity contribution in [1.29, 1.82) is 0 Å². The molecule has 0 amide bonds. The highest BCUT2D eigenvalue weighted by molar-refractivity contribution is 7.13. The highest BCUT2D eigenvalue weighted by atomic mass is 32.1. The molecule has 0 aliphatic carbocycles. The van der Waals surface area contributed by atoms with Gasteiger partial charge in [0.1, 0.15) is 16.5 Å². The fourth-order valence-corrected chi connectivity index (χ4v) is 3.58. The van der Waals surface area contributed by atoms with Crippen LogP contribution >= 0.6 is 11.3 Å². The van der Waals surface area contributed by atoms with Crippen LogP contribution in [0.25, 0.3) is 0 Å². The number of esters is 1. The van der Waals surface area contributed by atoms with Crippen LogP contribution < -0.4 is 16.8 Å². The Labute approximate surface area is 153 Å². The number of anilines is 3. The fourth-order valence-electron chi connectivity index (χ4n) is 2.64. The number of aromatic nitrogens is 2. The molecule has 0 saturated heterocycles. The van der Waals surface area contributed by atoms with Gasteiger partial charge in [-0.15, -0.1) is 11.3 Å². The first-order valence-electron chi connectivity index (χ1n) is 7.75. The zero-order chi connectivity index (χ0) is 19.3. The minimum absolute atomic E-state index is 0.00331. The molecule has 0 spiro atoms. The number of aryl methyl sites for hydroxylation is 1. The van der Waals surface area contributed by atoms with Gasteiger partial charge in [0.15, 0.2) is 0 Å². The van der Waals surface area contributed by atoms with Crippen LogP contribution in [0.2, 0.25) is 0 Å². The summed E-state index contributed by atoms with van der Waals surface area (Å²) in [6.45, 7) is -0.318. The van der Waals surface area contributed by atoms with Crippen molar-refractivity contribution in [3.05, 3.63) is 37.6 Å². The lowest BCUT2D eigenvalue weighted by atomic mass is 9.94. The van der Waals surface area contributed by atoms with Crippen LogP contribution in [0.15, 0.2) is 12.1 Å². The monoisotopic (exact) mass is 380 g/mol. The van der Waals surface area contributed by atoms with Crippen LogP contribution in [0.3, 0.4) is 0 Å². The molecule has 2 rings (SSSR count). The number of nitro groups is 1. The number of nitrogens with zero attached hydrogens (tertiary/aromatic N) is 3. The van der Waals surface area contributed by atoms with Crippen molar-refractivity contribution in [2.24, 2.45) is 0 Å². The van der Waals surface area contributed by atoms with Crippen molar-refractivity contribution >= 4 is 34.9 Å². The first kappa shape index (κ1) is 19.4. The average Bonchev–Trinajstić information content (AvgIpc) is 3.06. The number of nitrogen functional groups attached to an aromatic ring is 2. The standard InChI is InChI=1S/C15H20N6O4S/c1-18-13-11(12(16)19-15(17)20-13)8(7-21(23)24)3-4-9-5-6-10(26-9)14(22)25-2/h5-6,8H,3-4,7H2,1-2H3,(H5,16,17,18,19,20). The number of carbonyl (C=O) groups excluding carboxylic acids is 1. The van der Waals surface area contributed by atoms with Gasteiger partial charge in [-0.05, 0) is 25.0 Å². The molecule has 2 aromatic heterocycles. The first-order chi connectivity index (χ1) is 12.3. The Bertz CT molecular complexity index is 809. The molecule has 0 radical (unpaired) electrons. The summed E-state index contributed by atoms with van der Waals surface area (Å²) in [6, 6.07) is 3.48. The fraction of sp³-hybridized carbons (Fsp3) is 0.400. The van der Waals surface area contributed by atoms with Gasteiger partial charge < -0.3 is 21.5 Å². The van der Waals surface area contributed by atoms with Crippen molar-refractivity contribution in [2.45, 2.75) is 18.8 Å². The van der Waals surface area contributed by atoms with Gasteiger partial charge in [0.05, 0.1) is 13.0 Å². The third-order valence-electron chi connectivity index (χ3n) is 3.79. The number of carbonyl (C=O) groups is 1. The minimum Gasteiger partial charge on any atom is -0.465 e. The molecule has 11 heteroatoms. The van der Waals surface area contributed by atoms with Gasteiger partial charge >= 0.3 is 5.97 Å². The molecule has 2 heterocycles. The Balaban J connectivity index is 2.25. The van der Waals surface area contributed by atoms with Crippen LogP contribution in [-0.4, -0.2) is 41.6 Å². The molecule has 0 bridgehead atoms. The first-order valence-corrected chi connectivity index (χ1v) is 8.56. The van der Waals surface area contributed by atoms with Crippen LogP contribution in [0.5, 0.6) is 0 Å². The van der Waals surface area contributed by atoms with E-state index in [-0.39, 0.29) is 18.3 Å². The zero-order valence-corrected chi connectivity index (χ0v) is 15.2. The number of hydrogen-bond acceptors (Lipinski definition) is 10. The normalized spacial score (nSPS) is 11.8. The molecule has 26 heavy (non-hydrogen) atoms. The highest BCUT2D eigenvalue weighted by Gasteiger charge is 2.26. The maximum absolute atomic E-state index is 11.5. The number of methoxy groups -OCH3 is 1. The van der Waals surface area contributed by atoms with Crippen molar-refractivity contribution in [2.75, 3.05) is 37.5 Å². The summed E-state index contributed by atoms with van der Waals surface area (Å²) in [5, 5.41) is 14.0. The Morgan fingerprint density at radius 1 is 1.42 bits per heavy atom. The van der Waals surface area contributed by atoms with Gasteiger partial charge in [-0.3, -0.25) is 10.1 Å². The predicted octanol–water partition coefficient (Wildman–Crippen LogP) is 1.52. The van der Waals surface area contributed by atoms with Crippen LogP contribution in [0.1, 0.15) is 32.5 Å².